The van der Waals surface area contributed by atoms with Gasteiger partial charge in [0.05, 0.1) is 18.4 Å². The van der Waals surface area contributed by atoms with E-state index in [0.29, 0.717) is 50.1 Å². The maximum atomic E-state index is 13.1. The van der Waals surface area contributed by atoms with E-state index in [-0.39, 0.29) is 27.3 Å². The van der Waals surface area contributed by atoms with Gasteiger partial charge in [0.15, 0.2) is 0 Å². The average molecular weight is 598 g/mol. The Morgan fingerprint density at radius 3 is 2.11 bits per heavy atom. The molecule has 3 aromatic rings. The monoisotopic (exact) mass is 596 g/mol. The number of piperazine rings is 1. The summed E-state index contributed by atoms with van der Waals surface area (Å²) in [4.78, 5) is 14.1. The van der Waals surface area contributed by atoms with Crippen LogP contribution >= 0.6 is 34.8 Å². The number of benzene rings is 3. The number of ether oxygens (including phenoxy) is 2. The molecule has 4 rings (SSSR count). The Morgan fingerprint density at radius 1 is 0.842 bits per heavy atom. The second-order valence-corrected chi connectivity index (χ2v) is 12.1. The van der Waals surface area contributed by atoms with Crippen LogP contribution in [-0.4, -0.2) is 56.9 Å². The molecule has 0 radical (unpaired) electrons. The normalized spacial score (nSPS) is 14.8. The van der Waals surface area contributed by atoms with Gasteiger partial charge in [-0.15, -0.1) is 0 Å². The molecule has 0 unspecified atom stereocenters. The molecule has 0 amide bonds. The molecule has 202 valence electrons. The van der Waals surface area contributed by atoms with E-state index >= 15 is 0 Å². The minimum atomic E-state index is -3.72. The molecule has 1 heterocycles. The van der Waals surface area contributed by atoms with Gasteiger partial charge in [-0.05, 0) is 47.5 Å². The van der Waals surface area contributed by atoms with E-state index in [1.165, 1.54) is 29.6 Å². The topological polar surface area (TPSA) is 76.2 Å². The summed E-state index contributed by atoms with van der Waals surface area (Å²) in [6.07, 6.45) is 0.148. The molecule has 38 heavy (non-hydrogen) atoms. The first-order valence-corrected chi connectivity index (χ1v) is 14.5. The standard InChI is InChI=1S/C27H27Cl3N2O5S/c1-36-27(33)13-20-4-7-26(37-18-19-2-5-22(28)6-3-19)21(12-20)17-31-8-10-32(11-9-31)38(34,35)25-15-23(29)14-24(30)16-25/h2-7,12,14-16H,8-11,13,17-18H2,1H3. The number of esters is 1. The van der Waals surface area contributed by atoms with Crippen molar-refractivity contribution in [1.82, 2.24) is 9.21 Å². The summed E-state index contributed by atoms with van der Waals surface area (Å²) in [6, 6.07) is 17.4. The highest BCUT2D eigenvalue weighted by atomic mass is 35.5. The zero-order valence-corrected chi connectivity index (χ0v) is 23.8. The minimum Gasteiger partial charge on any atom is -0.489 e. The van der Waals surface area contributed by atoms with E-state index in [9.17, 15) is 13.2 Å². The van der Waals surface area contributed by atoms with Crippen molar-refractivity contribution in [2.45, 2.75) is 24.5 Å². The van der Waals surface area contributed by atoms with Crippen LogP contribution in [0.2, 0.25) is 15.1 Å². The maximum absolute atomic E-state index is 13.1. The third-order valence-electron chi connectivity index (χ3n) is 6.21. The number of halogens is 3. The van der Waals surface area contributed by atoms with Crippen LogP contribution in [0.3, 0.4) is 0 Å². The number of rotatable bonds is 9. The van der Waals surface area contributed by atoms with Gasteiger partial charge in [-0.3, -0.25) is 9.69 Å². The lowest BCUT2D eigenvalue weighted by Crippen LogP contribution is -2.48. The van der Waals surface area contributed by atoms with Crippen molar-refractivity contribution in [2.24, 2.45) is 0 Å². The number of nitrogens with zero attached hydrogens (tertiary/aromatic N) is 2. The number of hydrogen-bond donors (Lipinski definition) is 0. The van der Waals surface area contributed by atoms with Gasteiger partial charge in [0.2, 0.25) is 10.0 Å². The first kappa shape index (κ1) is 28.7. The van der Waals surface area contributed by atoms with E-state index in [2.05, 4.69) is 4.90 Å². The van der Waals surface area contributed by atoms with Gasteiger partial charge in [-0.25, -0.2) is 8.42 Å². The van der Waals surface area contributed by atoms with E-state index in [0.717, 1.165) is 16.7 Å². The Balaban J connectivity index is 1.46. The lowest BCUT2D eigenvalue weighted by molar-refractivity contribution is -0.139. The fourth-order valence-corrected chi connectivity index (χ4v) is 6.46. The van der Waals surface area contributed by atoms with Crippen molar-refractivity contribution >= 4 is 50.8 Å². The summed E-state index contributed by atoms with van der Waals surface area (Å²) in [5.41, 5.74) is 2.68. The SMILES string of the molecule is COC(=O)Cc1ccc(OCc2ccc(Cl)cc2)c(CN2CCN(S(=O)(=O)c3cc(Cl)cc(Cl)c3)CC2)c1. The highest BCUT2D eigenvalue weighted by Crippen LogP contribution is 2.27. The van der Waals surface area contributed by atoms with Crippen LogP contribution in [0.4, 0.5) is 0 Å². The van der Waals surface area contributed by atoms with Crippen molar-refractivity contribution in [3.63, 3.8) is 0 Å². The summed E-state index contributed by atoms with van der Waals surface area (Å²) in [6.45, 7) is 2.55. The second kappa shape index (κ2) is 12.7. The molecule has 0 aromatic heterocycles. The fourth-order valence-electron chi connectivity index (χ4n) is 4.18. The number of carbonyl (C=O) groups is 1. The molecule has 1 fully saturated rings. The Morgan fingerprint density at radius 2 is 1.47 bits per heavy atom. The van der Waals surface area contributed by atoms with Crippen molar-refractivity contribution < 1.29 is 22.7 Å². The van der Waals surface area contributed by atoms with E-state index in [1.54, 1.807) is 0 Å². The highest BCUT2D eigenvalue weighted by molar-refractivity contribution is 7.89. The van der Waals surface area contributed by atoms with Crippen LogP contribution in [0, 0.1) is 0 Å². The van der Waals surface area contributed by atoms with Crippen LogP contribution in [0.5, 0.6) is 5.75 Å². The number of methoxy groups -OCH3 is 1. The van der Waals surface area contributed by atoms with Gasteiger partial charge in [-0.1, -0.05) is 59.1 Å². The molecule has 1 aliphatic heterocycles. The average Bonchev–Trinajstić information content (AvgIpc) is 2.89. The lowest BCUT2D eigenvalue weighted by atomic mass is 10.1. The van der Waals surface area contributed by atoms with Crippen LogP contribution in [0.15, 0.2) is 65.6 Å². The van der Waals surface area contributed by atoms with E-state index in [4.69, 9.17) is 44.3 Å². The molecule has 0 saturated carbocycles. The van der Waals surface area contributed by atoms with Crippen molar-refractivity contribution in [1.29, 1.82) is 0 Å². The molecule has 3 aromatic carbocycles. The van der Waals surface area contributed by atoms with Crippen molar-refractivity contribution in [3.8, 4) is 5.75 Å². The third kappa shape index (κ3) is 7.40. The fraction of sp³-hybridized carbons (Fsp3) is 0.296. The van der Waals surface area contributed by atoms with Crippen molar-refractivity contribution in [3.05, 3.63) is 92.4 Å². The molecule has 1 saturated heterocycles. The highest BCUT2D eigenvalue weighted by Gasteiger charge is 2.29. The summed E-state index contributed by atoms with van der Waals surface area (Å²) in [5, 5.41) is 1.20. The van der Waals surface area contributed by atoms with Crippen LogP contribution in [-0.2, 0) is 39.1 Å². The molecule has 7 nitrogen and oxygen atoms in total. The maximum Gasteiger partial charge on any atom is 0.309 e. The molecule has 0 N–H and O–H groups in total. The molecule has 11 heteroatoms. The molecule has 1 aliphatic rings. The molecule has 0 aliphatic carbocycles. The zero-order chi connectivity index (χ0) is 27.3. The minimum absolute atomic E-state index is 0.0804. The second-order valence-electron chi connectivity index (χ2n) is 8.90. The van der Waals surface area contributed by atoms with Gasteiger partial charge < -0.3 is 9.47 Å². The molecule has 0 bridgehead atoms. The van der Waals surface area contributed by atoms with Gasteiger partial charge in [-0.2, -0.15) is 4.31 Å². The number of sulfonamides is 1. The van der Waals surface area contributed by atoms with Crippen LogP contribution in [0.25, 0.3) is 0 Å². The molecule has 0 spiro atoms. The van der Waals surface area contributed by atoms with E-state index in [1.807, 2.05) is 42.5 Å². The summed E-state index contributed by atoms with van der Waals surface area (Å²) >= 11 is 18.0. The number of hydrogen-bond acceptors (Lipinski definition) is 6. The van der Waals surface area contributed by atoms with Crippen LogP contribution in [0.1, 0.15) is 16.7 Å². The van der Waals surface area contributed by atoms with Gasteiger partial charge >= 0.3 is 5.97 Å². The molecule has 0 atom stereocenters. The predicted octanol–water partition coefficient (Wildman–Crippen LogP) is 5.45. The third-order valence-corrected chi connectivity index (χ3v) is 8.77. The Bertz CT molecular complexity index is 1370. The largest absolute Gasteiger partial charge is 0.489 e. The van der Waals surface area contributed by atoms with Gasteiger partial charge in [0.25, 0.3) is 0 Å². The quantitative estimate of drug-likeness (QED) is 0.306. The molecular weight excluding hydrogens is 571 g/mol. The van der Waals surface area contributed by atoms with Crippen molar-refractivity contribution in [2.75, 3.05) is 33.3 Å². The number of carbonyl (C=O) groups excluding carboxylic acids is 1. The summed E-state index contributed by atoms with van der Waals surface area (Å²) in [7, 11) is -2.37. The Labute approximate surface area is 237 Å². The predicted molar refractivity (Wildman–Crippen MR) is 148 cm³/mol. The van der Waals surface area contributed by atoms with Crippen LogP contribution < -0.4 is 4.74 Å². The first-order valence-electron chi connectivity index (χ1n) is 11.9. The smallest absolute Gasteiger partial charge is 0.309 e. The lowest BCUT2D eigenvalue weighted by Gasteiger charge is -2.34. The van der Waals surface area contributed by atoms with Gasteiger partial charge in [0.1, 0.15) is 12.4 Å². The van der Waals surface area contributed by atoms with E-state index < -0.39 is 10.0 Å². The zero-order valence-electron chi connectivity index (χ0n) is 20.7. The Kier molecular flexibility index (Phi) is 9.57. The van der Waals surface area contributed by atoms with Gasteiger partial charge in [0, 0.05) is 53.4 Å². The summed E-state index contributed by atoms with van der Waals surface area (Å²) in [5.74, 6) is 0.364. The molecular formula is C27H27Cl3N2O5S. The first-order chi connectivity index (χ1) is 18.1. The summed E-state index contributed by atoms with van der Waals surface area (Å²) < 4.78 is 38.7. The Hall–Kier alpha value is -2.33.